The number of ether oxygens (including phenoxy) is 1. The standard InChI is InChI=1S/C23H27F3N4O3/c1-13(8-14(2)29-21(31)15-4-6-17(7-5-15)23(24,25)26)11-27-18-9-16-10-19(22(32)33-3)30-20(16)28-12-18/h8-10,12,15,17,27H,1,4-7,11H2,2-3H3,(H,28,30)(H,29,31)/b14-8+. The molecule has 33 heavy (non-hydrogen) atoms. The first kappa shape index (κ1) is 24.3. The summed E-state index contributed by atoms with van der Waals surface area (Å²) in [7, 11) is 1.30. The topological polar surface area (TPSA) is 96.1 Å². The number of hydrogen-bond acceptors (Lipinski definition) is 5. The van der Waals surface area contributed by atoms with Crippen LogP contribution >= 0.6 is 0 Å². The number of aromatic nitrogens is 2. The minimum atomic E-state index is -4.19. The number of nitrogens with zero attached hydrogens (tertiary/aromatic N) is 1. The van der Waals surface area contributed by atoms with Crippen LogP contribution in [0.3, 0.4) is 0 Å². The second-order valence-electron chi connectivity index (χ2n) is 8.25. The Balaban J connectivity index is 1.50. The lowest BCUT2D eigenvalue weighted by Crippen LogP contribution is -2.35. The van der Waals surface area contributed by atoms with E-state index in [0.717, 1.165) is 11.1 Å². The Hall–Kier alpha value is -3.30. The van der Waals surface area contributed by atoms with Gasteiger partial charge in [0.1, 0.15) is 11.3 Å². The van der Waals surface area contributed by atoms with Crippen molar-refractivity contribution >= 4 is 28.6 Å². The molecule has 1 saturated carbocycles. The predicted octanol–water partition coefficient (Wildman–Crippen LogP) is 4.71. The Bertz CT molecular complexity index is 1070. The lowest BCUT2D eigenvalue weighted by atomic mass is 9.81. The van der Waals surface area contributed by atoms with Crippen molar-refractivity contribution in [1.82, 2.24) is 15.3 Å². The molecule has 178 valence electrons. The van der Waals surface area contributed by atoms with Gasteiger partial charge in [-0.25, -0.2) is 9.78 Å². The summed E-state index contributed by atoms with van der Waals surface area (Å²) < 4.78 is 43.1. The van der Waals surface area contributed by atoms with Crippen LogP contribution in [0.15, 0.2) is 42.3 Å². The van der Waals surface area contributed by atoms with Crippen LogP contribution in [0.4, 0.5) is 18.9 Å². The van der Waals surface area contributed by atoms with Gasteiger partial charge in [-0.15, -0.1) is 0 Å². The van der Waals surface area contributed by atoms with Gasteiger partial charge in [0.05, 0.1) is 24.9 Å². The Morgan fingerprint density at radius 1 is 1.27 bits per heavy atom. The lowest BCUT2D eigenvalue weighted by Gasteiger charge is -2.29. The van der Waals surface area contributed by atoms with Crippen LogP contribution < -0.4 is 10.6 Å². The minimum absolute atomic E-state index is 0.0123. The molecule has 10 heteroatoms. The smallest absolute Gasteiger partial charge is 0.391 e. The molecular formula is C23H27F3N4O3. The molecule has 3 rings (SSSR count). The normalized spacial score (nSPS) is 19.2. The number of halogens is 3. The quantitative estimate of drug-likeness (QED) is 0.408. The van der Waals surface area contributed by atoms with Crippen LogP contribution in [0, 0.1) is 11.8 Å². The Morgan fingerprint density at radius 2 is 1.97 bits per heavy atom. The molecule has 1 aliphatic rings. The van der Waals surface area contributed by atoms with Crippen molar-refractivity contribution in [1.29, 1.82) is 0 Å². The number of hydrogen-bond donors (Lipinski definition) is 3. The fourth-order valence-electron chi connectivity index (χ4n) is 3.92. The summed E-state index contributed by atoms with van der Waals surface area (Å²) in [4.78, 5) is 31.2. The second kappa shape index (κ2) is 10.1. The molecule has 1 aliphatic carbocycles. The van der Waals surface area contributed by atoms with Gasteiger partial charge in [-0.1, -0.05) is 6.58 Å². The second-order valence-corrected chi connectivity index (χ2v) is 8.25. The maximum Gasteiger partial charge on any atom is 0.391 e. The molecule has 3 N–H and O–H groups in total. The number of carbonyl (C=O) groups excluding carboxylic acids is 2. The van der Waals surface area contributed by atoms with Gasteiger partial charge in [0.25, 0.3) is 0 Å². The highest BCUT2D eigenvalue weighted by atomic mass is 19.4. The Kier molecular flexibility index (Phi) is 7.45. The van der Waals surface area contributed by atoms with Gasteiger partial charge in [-0.2, -0.15) is 13.2 Å². The molecular weight excluding hydrogens is 437 g/mol. The van der Waals surface area contributed by atoms with Crippen molar-refractivity contribution in [2.75, 3.05) is 19.0 Å². The fourth-order valence-corrected chi connectivity index (χ4v) is 3.92. The molecule has 1 fully saturated rings. The van der Waals surface area contributed by atoms with Gasteiger partial charge in [0.15, 0.2) is 0 Å². The number of anilines is 1. The number of nitrogens with one attached hydrogen (secondary N) is 3. The molecule has 7 nitrogen and oxygen atoms in total. The number of amides is 1. The van der Waals surface area contributed by atoms with Gasteiger partial charge in [-0.3, -0.25) is 4.79 Å². The first-order valence-electron chi connectivity index (χ1n) is 10.6. The predicted molar refractivity (Wildman–Crippen MR) is 118 cm³/mol. The SMILES string of the molecule is C=C(/C=C(\C)NC(=O)C1CCC(C(F)(F)F)CC1)CNc1cnc2[nH]c(C(=O)OC)cc2c1. The maximum absolute atomic E-state index is 12.8. The summed E-state index contributed by atoms with van der Waals surface area (Å²) in [6, 6.07) is 3.48. The van der Waals surface area contributed by atoms with Gasteiger partial charge >= 0.3 is 12.1 Å². The molecule has 2 aromatic heterocycles. The summed E-state index contributed by atoms with van der Waals surface area (Å²) in [5.74, 6) is -2.45. The van der Waals surface area contributed by atoms with Crippen molar-refractivity contribution in [3.63, 3.8) is 0 Å². The number of alkyl halides is 3. The lowest BCUT2D eigenvalue weighted by molar-refractivity contribution is -0.184. The summed E-state index contributed by atoms with van der Waals surface area (Å²) in [6.07, 6.45) is -0.418. The molecule has 0 saturated heterocycles. The van der Waals surface area contributed by atoms with Gasteiger partial charge in [0.2, 0.25) is 5.91 Å². The van der Waals surface area contributed by atoms with Gasteiger partial charge in [0, 0.05) is 23.5 Å². The van der Waals surface area contributed by atoms with Crippen LogP contribution in [0.1, 0.15) is 43.1 Å². The molecule has 2 heterocycles. The van der Waals surface area contributed by atoms with Gasteiger partial charge in [-0.05, 0) is 56.4 Å². The largest absolute Gasteiger partial charge is 0.464 e. The fraction of sp³-hybridized carbons (Fsp3) is 0.435. The van der Waals surface area contributed by atoms with Crippen molar-refractivity contribution < 1.29 is 27.5 Å². The summed E-state index contributed by atoms with van der Waals surface area (Å²) >= 11 is 0. The number of allylic oxidation sites excluding steroid dienone is 1. The van der Waals surface area contributed by atoms with Crippen molar-refractivity contribution in [3.05, 3.63) is 47.9 Å². The van der Waals surface area contributed by atoms with Crippen molar-refractivity contribution in [3.8, 4) is 0 Å². The number of esters is 1. The highest BCUT2D eigenvalue weighted by Gasteiger charge is 2.42. The first-order valence-corrected chi connectivity index (χ1v) is 10.6. The van der Waals surface area contributed by atoms with Crippen LogP contribution in [0.25, 0.3) is 11.0 Å². The molecule has 0 atom stereocenters. The van der Waals surface area contributed by atoms with E-state index in [1.165, 1.54) is 7.11 Å². The first-order chi connectivity index (χ1) is 15.6. The van der Waals surface area contributed by atoms with Crippen LogP contribution in [0.5, 0.6) is 0 Å². The number of H-pyrrole nitrogens is 1. The van der Waals surface area contributed by atoms with Crippen LogP contribution in [-0.4, -0.2) is 41.7 Å². The average Bonchev–Trinajstić information content (AvgIpc) is 3.20. The van der Waals surface area contributed by atoms with E-state index in [1.807, 2.05) is 6.07 Å². The molecule has 1 amide bonds. The minimum Gasteiger partial charge on any atom is -0.464 e. The number of aromatic amines is 1. The van der Waals surface area contributed by atoms with E-state index in [1.54, 1.807) is 25.3 Å². The van der Waals surface area contributed by atoms with Gasteiger partial charge < -0.3 is 20.4 Å². The van der Waals surface area contributed by atoms with Crippen molar-refractivity contribution in [2.24, 2.45) is 11.8 Å². The Labute approximate surface area is 189 Å². The van der Waals surface area contributed by atoms with E-state index in [9.17, 15) is 22.8 Å². The summed E-state index contributed by atoms with van der Waals surface area (Å²) in [5, 5.41) is 6.68. The zero-order valence-corrected chi connectivity index (χ0v) is 18.5. The average molecular weight is 464 g/mol. The van der Waals surface area contributed by atoms with E-state index in [0.29, 0.717) is 29.2 Å². The third kappa shape index (κ3) is 6.36. The maximum atomic E-state index is 12.8. The van der Waals surface area contributed by atoms with E-state index in [2.05, 4.69) is 31.9 Å². The zero-order chi connectivity index (χ0) is 24.2. The highest BCUT2D eigenvalue weighted by Crippen LogP contribution is 2.39. The zero-order valence-electron chi connectivity index (χ0n) is 18.5. The third-order valence-electron chi connectivity index (χ3n) is 5.70. The molecule has 0 aromatic carbocycles. The van der Waals surface area contributed by atoms with Crippen molar-refractivity contribution in [2.45, 2.75) is 38.8 Å². The van der Waals surface area contributed by atoms with Crippen LogP contribution in [-0.2, 0) is 9.53 Å². The molecule has 0 bridgehead atoms. The van der Waals surface area contributed by atoms with Crippen LogP contribution in [0.2, 0.25) is 0 Å². The van der Waals surface area contributed by atoms with E-state index in [4.69, 9.17) is 0 Å². The number of fused-ring (bicyclic) bond motifs is 1. The molecule has 0 aliphatic heterocycles. The highest BCUT2D eigenvalue weighted by molar-refractivity contribution is 5.94. The van der Waals surface area contributed by atoms with E-state index >= 15 is 0 Å². The number of methoxy groups -OCH3 is 1. The Morgan fingerprint density at radius 3 is 2.61 bits per heavy atom. The number of carbonyl (C=O) groups is 2. The number of pyridine rings is 1. The third-order valence-corrected chi connectivity index (χ3v) is 5.70. The molecule has 2 aromatic rings. The summed E-state index contributed by atoms with van der Waals surface area (Å²) in [5.41, 5.74) is 2.85. The molecule has 0 radical (unpaired) electrons. The monoisotopic (exact) mass is 464 g/mol. The van der Waals surface area contributed by atoms with E-state index < -0.39 is 24.0 Å². The molecule has 0 unspecified atom stereocenters. The summed E-state index contributed by atoms with van der Waals surface area (Å²) in [6.45, 7) is 6.06. The molecule has 0 spiro atoms. The number of rotatable bonds is 7. The van der Waals surface area contributed by atoms with E-state index in [-0.39, 0.29) is 31.6 Å².